The lowest BCUT2D eigenvalue weighted by Crippen LogP contribution is -2.43. The Kier molecular flexibility index (Phi) is 12.3. The second kappa shape index (κ2) is 17.4. The van der Waals surface area contributed by atoms with Crippen molar-refractivity contribution >= 4 is 6.03 Å². The summed E-state index contributed by atoms with van der Waals surface area (Å²) in [5.41, 5.74) is 7.76. The summed E-state index contributed by atoms with van der Waals surface area (Å²) in [5.74, 6) is 0. The first-order valence-corrected chi connectivity index (χ1v) is 17.6. The number of urea groups is 1. The van der Waals surface area contributed by atoms with Gasteiger partial charge in [0, 0.05) is 37.7 Å². The van der Waals surface area contributed by atoms with Crippen LogP contribution in [0.2, 0.25) is 0 Å². The van der Waals surface area contributed by atoms with Crippen molar-refractivity contribution in [2.75, 3.05) is 13.6 Å². The van der Waals surface area contributed by atoms with Crippen molar-refractivity contribution in [3.05, 3.63) is 167 Å². The number of amides is 2. The maximum absolute atomic E-state index is 12.6. The van der Waals surface area contributed by atoms with Gasteiger partial charge in [0.15, 0.2) is 6.29 Å². The van der Waals surface area contributed by atoms with E-state index in [4.69, 9.17) is 9.47 Å². The number of ether oxygens (including phenoxy) is 2. The van der Waals surface area contributed by atoms with Gasteiger partial charge in [-0.1, -0.05) is 133 Å². The third kappa shape index (κ3) is 9.49. The number of rotatable bonds is 13. The first-order valence-electron chi connectivity index (χ1n) is 17.6. The van der Waals surface area contributed by atoms with Crippen molar-refractivity contribution in [1.82, 2.24) is 15.5 Å². The van der Waals surface area contributed by atoms with Crippen molar-refractivity contribution in [1.29, 1.82) is 0 Å². The molecule has 0 aromatic heterocycles. The highest BCUT2D eigenvalue weighted by Crippen LogP contribution is 2.39. The molecule has 1 aliphatic heterocycles. The fourth-order valence-corrected chi connectivity index (χ4v) is 6.48. The van der Waals surface area contributed by atoms with E-state index in [9.17, 15) is 15.0 Å². The molecule has 5 aromatic carbocycles. The Morgan fingerprint density at radius 3 is 2.10 bits per heavy atom. The summed E-state index contributed by atoms with van der Waals surface area (Å²) < 4.78 is 13.2. The van der Waals surface area contributed by atoms with Crippen molar-refractivity contribution < 1.29 is 24.5 Å². The summed E-state index contributed by atoms with van der Waals surface area (Å²) in [7, 11) is 2.02. The maximum Gasteiger partial charge on any atom is 0.315 e. The van der Waals surface area contributed by atoms with Crippen LogP contribution < -0.4 is 10.6 Å². The summed E-state index contributed by atoms with van der Waals surface area (Å²) in [6, 6.07) is 43.3. The number of likely N-dealkylation sites (N-methyl/N-ethyl adjacent to an activating group) is 1. The molecule has 8 nitrogen and oxygen atoms in total. The predicted octanol–water partition coefficient (Wildman–Crippen LogP) is 7.44. The second-order valence-corrected chi connectivity index (χ2v) is 13.2. The molecular formula is C43H47N3O5. The third-order valence-corrected chi connectivity index (χ3v) is 9.65. The average molecular weight is 686 g/mol. The average Bonchev–Trinajstić information content (AvgIpc) is 3.19. The van der Waals surface area contributed by atoms with E-state index in [1.807, 2.05) is 129 Å². The summed E-state index contributed by atoms with van der Waals surface area (Å²) in [5, 5.41) is 26.6. The zero-order valence-electron chi connectivity index (χ0n) is 29.2. The van der Waals surface area contributed by atoms with Crippen LogP contribution in [0.25, 0.3) is 11.1 Å². The number of hydrogen-bond acceptors (Lipinski definition) is 6. The Balaban J connectivity index is 1.15. The van der Waals surface area contributed by atoms with Crippen LogP contribution in [0.3, 0.4) is 0 Å². The number of hydrogen-bond donors (Lipinski definition) is 4. The van der Waals surface area contributed by atoms with Gasteiger partial charge in [-0.3, -0.25) is 4.90 Å². The van der Waals surface area contributed by atoms with Gasteiger partial charge in [0.2, 0.25) is 0 Å². The Hall–Kier alpha value is -4.83. The lowest BCUT2D eigenvalue weighted by molar-refractivity contribution is -0.253. The third-order valence-electron chi connectivity index (χ3n) is 9.65. The van der Waals surface area contributed by atoms with Crippen LogP contribution in [0, 0.1) is 0 Å². The van der Waals surface area contributed by atoms with E-state index in [0.29, 0.717) is 26.1 Å². The lowest BCUT2D eigenvalue weighted by atomic mass is 9.97. The zero-order valence-corrected chi connectivity index (χ0v) is 29.2. The van der Waals surface area contributed by atoms with E-state index in [-0.39, 0.29) is 30.9 Å². The molecule has 0 unspecified atom stereocenters. The van der Waals surface area contributed by atoms with Crippen molar-refractivity contribution in [3.8, 4) is 11.1 Å². The summed E-state index contributed by atoms with van der Waals surface area (Å²) >= 11 is 0. The van der Waals surface area contributed by atoms with Crippen LogP contribution in [-0.4, -0.2) is 46.9 Å². The number of nitrogens with one attached hydrogen (secondary N) is 2. The standard InChI is InChI=1S/C43H47N3O5/c1-30(41(48)35-13-7-4-8-14-35)46(2)28-38-25-40(34-19-17-32(29-47)18-20-34)51-42(50-38)36-23-21-33(22-24-36)39-16-10-9-15-37(39)27-45-43(49)44-26-31-11-5-3-6-12-31/h3-24,30,38,40-42,47-48H,25-29H2,1-2H3,(H2,44,45,49)/t30-,38+,40-,41-,42-/m0/s1. The molecule has 51 heavy (non-hydrogen) atoms. The van der Waals surface area contributed by atoms with Crippen LogP contribution in [0.1, 0.15) is 65.2 Å². The summed E-state index contributed by atoms with van der Waals surface area (Å²) in [6.07, 6.45) is -0.980. The van der Waals surface area contributed by atoms with Gasteiger partial charge in [-0.2, -0.15) is 0 Å². The van der Waals surface area contributed by atoms with Gasteiger partial charge in [-0.05, 0) is 52.9 Å². The van der Waals surface area contributed by atoms with Crippen LogP contribution in [0.5, 0.6) is 0 Å². The number of benzene rings is 5. The van der Waals surface area contributed by atoms with Crippen LogP contribution >= 0.6 is 0 Å². The van der Waals surface area contributed by atoms with Crippen molar-refractivity contribution in [2.24, 2.45) is 0 Å². The summed E-state index contributed by atoms with van der Waals surface area (Å²) in [6.45, 7) is 3.47. The van der Waals surface area contributed by atoms with Crippen LogP contribution in [0.4, 0.5) is 4.79 Å². The highest BCUT2D eigenvalue weighted by Gasteiger charge is 2.34. The lowest BCUT2D eigenvalue weighted by Gasteiger charge is -2.39. The smallest absolute Gasteiger partial charge is 0.315 e. The summed E-state index contributed by atoms with van der Waals surface area (Å²) in [4.78, 5) is 14.7. The Labute approximate surface area is 300 Å². The number of nitrogens with zero attached hydrogens (tertiary/aromatic N) is 1. The van der Waals surface area contributed by atoms with Gasteiger partial charge >= 0.3 is 6.03 Å². The zero-order chi connectivity index (χ0) is 35.6. The van der Waals surface area contributed by atoms with Gasteiger partial charge in [0.05, 0.1) is 24.9 Å². The Morgan fingerprint density at radius 2 is 1.39 bits per heavy atom. The molecule has 0 radical (unpaired) electrons. The van der Waals surface area contributed by atoms with Gasteiger partial charge in [-0.25, -0.2) is 4.79 Å². The molecule has 1 fully saturated rings. The molecule has 1 saturated heterocycles. The van der Waals surface area contributed by atoms with Gasteiger partial charge < -0.3 is 30.3 Å². The van der Waals surface area contributed by atoms with E-state index in [1.165, 1.54) is 0 Å². The minimum atomic E-state index is -0.636. The van der Waals surface area contributed by atoms with E-state index in [0.717, 1.165) is 44.5 Å². The van der Waals surface area contributed by atoms with Gasteiger partial charge in [-0.15, -0.1) is 0 Å². The normalized spacial score (nSPS) is 18.6. The van der Waals surface area contributed by atoms with E-state index in [1.54, 1.807) is 0 Å². The molecule has 5 atom stereocenters. The number of carbonyl (C=O) groups excluding carboxylic acids is 1. The molecule has 1 aliphatic rings. The minimum Gasteiger partial charge on any atom is -0.392 e. The fraction of sp³-hybridized carbons (Fsp3) is 0.279. The molecule has 1 heterocycles. The molecule has 0 bridgehead atoms. The van der Waals surface area contributed by atoms with Crippen molar-refractivity contribution in [3.63, 3.8) is 0 Å². The first-order chi connectivity index (χ1) is 24.9. The van der Waals surface area contributed by atoms with Crippen LogP contribution in [0.15, 0.2) is 133 Å². The molecule has 0 aliphatic carbocycles. The Morgan fingerprint density at radius 1 is 0.765 bits per heavy atom. The van der Waals surface area contributed by atoms with Crippen LogP contribution in [-0.2, 0) is 29.2 Å². The van der Waals surface area contributed by atoms with E-state index in [2.05, 4.69) is 33.7 Å². The number of aliphatic hydroxyl groups is 2. The SMILES string of the molecule is C[C@@H]([C@H](O)c1ccccc1)N(C)C[C@H]1C[C@@H](c2ccc(CO)cc2)O[C@@H](c2ccc(-c3ccccc3CNC(=O)NCc3ccccc3)cc2)O1. The van der Waals surface area contributed by atoms with Gasteiger partial charge in [0.1, 0.15) is 0 Å². The highest BCUT2D eigenvalue weighted by molar-refractivity contribution is 5.75. The molecular weight excluding hydrogens is 638 g/mol. The molecule has 4 N–H and O–H groups in total. The molecule has 2 amide bonds. The monoisotopic (exact) mass is 685 g/mol. The largest absolute Gasteiger partial charge is 0.392 e. The minimum absolute atomic E-state index is 0.0143. The molecule has 8 heteroatoms. The molecule has 5 aromatic rings. The van der Waals surface area contributed by atoms with Crippen molar-refractivity contribution in [2.45, 2.75) is 63.7 Å². The van der Waals surface area contributed by atoms with E-state index >= 15 is 0 Å². The first kappa shape index (κ1) is 36.0. The molecule has 0 spiro atoms. The molecule has 264 valence electrons. The second-order valence-electron chi connectivity index (χ2n) is 13.2. The quantitative estimate of drug-likeness (QED) is 0.103. The molecule has 0 saturated carbocycles. The Bertz CT molecular complexity index is 1820. The molecule has 6 rings (SSSR count). The highest BCUT2D eigenvalue weighted by atomic mass is 16.7. The number of aliphatic hydroxyl groups excluding tert-OH is 2. The number of carbonyl (C=O) groups is 1. The van der Waals surface area contributed by atoms with E-state index < -0.39 is 12.4 Å². The predicted molar refractivity (Wildman–Crippen MR) is 199 cm³/mol. The van der Waals surface area contributed by atoms with Gasteiger partial charge in [0.25, 0.3) is 0 Å². The fourth-order valence-electron chi connectivity index (χ4n) is 6.48. The maximum atomic E-state index is 12.6. The topological polar surface area (TPSA) is 103 Å².